The molecule has 0 aliphatic carbocycles. The fourth-order valence-electron chi connectivity index (χ4n) is 2.39. The van der Waals surface area contributed by atoms with Gasteiger partial charge in [0.05, 0.1) is 12.5 Å². The van der Waals surface area contributed by atoms with Crippen molar-refractivity contribution < 1.29 is 0 Å². The van der Waals surface area contributed by atoms with Crippen LogP contribution in [0, 0.1) is 13.8 Å². The number of fused-ring (bicyclic) bond motifs is 1. The van der Waals surface area contributed by atoms with Gasteiger partial charge < -0.3 is 4.57 Å². The van der Waals surface area contributed by atoms with Gasteiger partial charge in [-0.2, -0.15) is 4.98 Å². The maximum Gasteiger partial charge on any atom is 0.239 e. The lowest BCUT2D eigenvalue weighted by molar-refractivity contribution is 0.612. The monoisotopic (exact) mass is 311 g/mol. The Morgan fingerprint density at radius 2 is 1.96 bits per heavy atom. The van der Waals surface area contributed by atoms with Gasteiger partial charge in [0.25, 0.3) is 0 Å². The zero-order valence-corrected chi connectivity index (χ0v) is 13.8. The van der Waals surface area contributed by atoms with Crippen LogP contribution >= 0.6 is 0 Å². The van der Waals surface area contributed by atoms with Crippen LogP contribution in [0.4, 0.5) is 5.95 Å². The molecular formula is C16H21N7. The Labute approximate surface area is 135 Å². The van der Waals surface area contributed by atoms with Crippen molar-refractivity contribution in [3.05, 3.63) is 41.6 Å². The molecule has 0 fully saturated rings. The van der Waals surface area contributed by atoms with Crippen molar-refractivity contribution in [2.24, 2.45) is 0 Å². The molecule has 7 heteroatoms. The SMILES string of the molecule is Cc1cc(C)c(CNNc2ncc3ncn(C(C)C)c3n2)cn1. The number of aryl methyl sites for hydroxylation is 2. The Bertz CT molecular complexity index is 822. The summed E-state index contributed by atoms with van der Waals surface area (Å²) >= 11 is 0. The zero-order valence-electron chi connectivity index (χ0n) is 13.8. The summed E-state index contributed by atoms with van der Waals surface area (Å²) in [6.45, 7) is 8.91. The van der Waals surface area contributed by atoms with Crippen molar-refractivity contribution in [3.63, 3.8) is 0 Å². The molecule has 0 bridgehead atoms. The van der Waals surface area contributed by atoms with E-state index < -0.39 is 0 Å². The first-order chi connectivity index (χ1) is 11.0. The van der Waals surface area contributed by atoms with Gasteiger partial charge in [-0.1, -0.05) is 0 Å². The second-order valence-corrected chi connectivity index (χ2v) is 5.88. The summed E-state index contributed by atoms with van der Waals surface area (Å²) < 4.78 is 2.02. The molecule has 3 rings (SSSR count). The van der Waals surface area contributed by atoms with E-state index in [4.69, 9.17) is 0 Å². The van der Waals surface area contributed by atoms with Gasteiger partial charge in [-0.15, -0.1) is 0 Å². The van der Waals surface area contributed by atoms with E-state index in [0.29, 0.717) is 18.5 Å². The number of pyridine rings is 1. The van der Waals surface area contributed by atoms with Crippen LogP contribution in [-0.2, 0) is 6.54 Å². The van der Waals surface area contributed by atoms with Crippen molar-refractivity contribution in [2.75, 3.05) is 5.43 Å². The molecule has 0 spiro atoms. The summed E-state index contributed by atoms with van der Waals surface area (Å²) in [6, 6.07) is 2.37. The van der Waals surface area contributed by atoms with E-state index in [1.54, 1.807) is 12.5 Å². The molecule has 3 aromatic rings. The molecule has 0 unspecified atom stereocenters. The first-order valence-electron chi connectivity index (χ1n) is 7.65. The molecule has 2 N–H and O–H groups in total. The van der Waals surface area contributed by atoms with Crippen molar-refractivity contribution in [1.29, 1.82) is 0 Å². The summed E-state index contributed by atoms with van der Waals surface area (Å²) in [5.74, 6) is 0.526. The Morgan fingerprint density at radius 3 is 2.70 bits per heavy atom. The van der Waals surface area contributed by atoms with E-state index in [1.165, 1.54) is 5.56 Å². The average molecular weight is 311 g/mol. The third-order valence-electron chi connectivity index (χ3n) is 3.71. The molecule has 3 aromatic heterocycles. The zero-order chi connectivity index (χ0) is 16.4. The molecule has 0 aliphatic heterocycles. The highest BCUT2D eigenvalue weighted by molar-refractivity contribution is 5.70. The quantitative estimate of drug-likeness (QED) is 0.705. The summed E-state index contributed by atoms with van der Waals surface area (Å²) in [4.78, 5) is 17.4. The van der Waals surface area contributed by atoms with Crippen LogP contribution in [0.15, 0.2) is 24.8 Å². The Kier molecular flexibility index (Phi) is 4.20. The summed E-state index contributed by atoms with van der Waals surface area (Å²) in [6.07, 6.45) is 5.41. The molecule has 0 atom stereocenters. The molecule has 7 nitrogen and oxygen atoms in total. The summed E-state index contributed by atoms with van der Waals surface area (Å²) in [5.41, 5.74) is 11.2. The minimum absolute atomic E-state index is 0.303. The van der Waals surface area contributed by atoms with Gasteiger partial charge in [0.2, 0.25) is 5.95 Å². The van der Waals surface area contributed by atoms with Gasteiger partial charge in [0.15, 0.2) is 5.65 Å². The number of imidazole rings is 1. The predicted molar refractivity (Wildman–Crippen MR) is 89.9 cm³/mol. The molecule has 0 amide bonds. The van der Waals surface area contributed by atoms with Gasteiger partial charge in [-0.25, -0.2) is 15.4 Å². The molecule has 0 aromatic carbocycles. The largest absolute Gasteiger partial charge is 0.313 e. The first kappa shape index (κ1) is 15.4. The molecule has 0 saturated heterocycles. The van der Waals surface area contributed by atoms with E-state index in [-0.39, 0.29) is 0 Å². The third-order valence-corrected chi connectivity index (χ3v) is 3.71. The number of hydrogen-bond acceptors (Lipinski definition) is 6. The highest BCUT2D eigenvalue weighted by atomic mass is 15.4. The van der Waals surface area contributed by atoms with Crippen LogP contribution in [0.3, 0.4) is 0 Å². The lowest BCUT2D eigenvalue weighted by Gasteiger charge is -2.10. The van der Waals surface area contributed by atoms with Gasteiger partial charge in [-0.05, 0) is 44.9 Å². The van der Waals surface area contributed by atoms with E-state index in [2.05, 4.69) is 57.6 Å². The number of rotatable bonds is 5. The molecule has 120 valence electrons. The second kappa shape index (κ2) is 6.29. The third kappa shape index (κ3) is 3.29. The number of hydrogen-bond donors (Lipinski definition) is 2. The molecule has 3 heterocycles. The Balaban J connectivity index is 1.70. The van der Waals surface area contributed by atoms with E-state index in [1.807, 2.05) is 17.7 Å². The fraction of sp³-hybridized carbons (Fsp3) is 0.375. The van der Waals surface area contributed by atoms with Gasteiger partial charge >= 0.3 is 0 Å². The molecule has 0 aliphatic rings. The average Bonchev–Trinajstić information content (AvgIpc) is 2.93. The number of hydrazine groups is 1. The fourth-order valence-corrected chi connectivity index (χ4v) is 2.39. The van der Waals surface area contributed by atoms with Crippen molar-refractivity contribution in [3.8, 4) is 0 Å². The van der Waals surface area contributed by atoms with Gasteiger partial charge in [0, 0.05) is 24.5 Å². The van der Waals surface area contributed by atoms with Crippen LogP contribution in [0.2, 0.25) is 0 Å². The smallest absolute Gasteiger partial charge is 0.239 e. The van der Waals surface area contributed by atoms with Crippen LogP contribution in [-0.4, -0.2) is 24.5 Å². The molecule has 23 heavy (non-hydrogen) atoms. The van der Waals surface area contributed by atoms with Gasteiger partial charge in [-0.3, -0.25) is 10.4 Å². The maximum atomic E-state index is 4.52. The Morgan fingerprint density at radius 1 is 1.13 bits per heavy atom. The summed E-state index contributed by atoms with van der Waals surface area (Å²) in [7, 11) is 0. The number of nitrogens with one attached hydrogen (secondary N) is 2. The van der Waals surface area contributed by atoms with Crippen molar-refractivity contribution >= 4 is 17.1 Å². The molecular weight excluding hydrogens is 290 g/mol. The normalized spacial score (nSPS) is 11.3. The number of anilines is 1. The topological polar surface area (TPSA) is 80.5 Å². The van der Waals surface area contributed by atoms with Crippen LogP contribution in [0.5, 0.6) is 0 Å². The van der Waals surface area contributed by atoms with E-state index in [9.17, 15) is 0 Å². The first-order valence-corrected chi connectivity index (χ1v) is 7.65. The predicted octanol–water partition coefficient (Wildman–Crippen LogP) is 2.54. The standard InChI is InChI=1S/C16H21N7/c1-10(2)23-9-19-14-8-18-16(21-15(14)23)22-20-7-13-6-17-12(4)5-11(13)3/h5-6,8-10,20H,7H2,1-4H3,(H,18,21,22). The second-order valence-electron chi connectivity index (χ2n) is 5.88. The van der Waals surface area contributed by atoms with E-state index >= 15 is 0 Å². The Hall–Kier alpha value is -2.54. The number of nitrogens with zero attached hydrogens (tertiary/aromatic N) is 5. The minimum Gasteiger partial charge on any atom is -0.313 e. The lowest BCUT2D eigenvalue weighted by Crippen LogP contribution is -2.23. The van der Waals surface area contributed by atoms with Crippen molar-refractivity contribution in [1.82, 2.24) is 29.9 Å². The minimum atomic E-state index is 0.303. The number of aromatic nitrogens is 5. The van der Waals surface area contributed by atoms with Crippen LogP contribution < -0.4 is 10.9 Å². The van der Waals surface area contributed by atoms with Gasteiger partial charge in [0.1, 0.15) is 5.52 Å². The maximum absolute atomic E-state index is 4.52. The molecule has 0 saturated carbocycles. The highest BCUT2D eigenvalue weighted by Gasteiger charge is 2.08. The van der Waals surface area contributed by atoms with Crippen molar-refractivity contribution in [2.45, 2.75) is 40.3 Å². The van der Waals surface area contributed by atoms with Crippen LogP contribution in [0.1, 0.15) is 36.7 Å². The van der Waals surface area contributed by atoms with E-state index in [0.717, 1.165) is 22.4 Å². The van der Waals surface area contributed by atoms with Crippen LogP contribution in [0.25, 0.3) is 11.2 Å². The summed E-state index contributed by atoms with van der Waals surface area (Å²) in [5, 5.41) is 0. The highest BCUT2D eigenvalue weighted by Crippen LogP contribution is 2.15. The molecule has 0 radical (unpaired) electrons. The lowest BCUT2D eigenvalue weighted by atomic mass is 10.1.